The summed E-state index contributed by atoms with van der Waals surface area (Å²) < 4.78 is 5.57. The van der Waals surface area contributed by atoms with Crippen LogP contribution in [-0.2, 0) is 6.61 Å². The Morgan fingerprint density at radius 3 is 2.72 bits per heavy atom. The van der Waals surface area contributed by atoms with E-state index in [-0.39, 0.29) is 0 Å². The number of ether oxygens (including phenoxy) is 1. The Hall–Kier alpha value is -1.74. The van der Waals surface area contributed by atoms with Gasteiger partial charge < -0.3 is 4.74 Å². The van der Waals surface area contributed by atoms with E-state index in [0.717, 1.165) is 11.4 Å². The summed E-state index contributed by atoms with van der Waals surface area (Å²) >= 11 is 10.5. The molecule has 1 aromatic carbocycles. The average Bonchev–Trinajstić information content (AvgIpc) is 2.40. The third kappa shape index (κ3) is 3.37. The van der Waals surface area contributed by atoms with Crippen LogP contribution in [0.1, 0.15) is 5.69 Å². The molecular weight excluding hydrogens is 268 g/mol. The molecular formula is C13H9ClN2OS. The Balaban J connectivity index is 2.02. The minimum atomic E-state index is 0.329. The van der Waals surface area contributed by atoms with E-state index in [1.54, 1.807) is 30.5 Å². The number of benzene rings is 1. The highest BCUT2D eigenvalue weighted by Crippen LogP contribution is 2.20. The van der Waals surface area contributed by atoms with Crippen LogP contribution in [0.2, 0.25) is 5.02 Å². The standard InChI is InChI=1S/C13H9ClN2OS/c14-12-2-1-7-15-13(12)8-17-11-5-3-10(4-6-11)16-9-18/h1-7H,8H2. The van der Waals surface area contributed by atoms with E-state index < -0.39 is 0 Å². The fraction of sp³-hybridized carbons (Fsp3) is 0.0769. The maximum absolute atomic E-state index is 5.98. The summed E-state index contributed by atoms with van der Waals surface area (Å²) in [5, 5.41) is 2.91. The van der Waals surface area contributed by atoms with Gasteiger partial charge in [0.1, 0.15) is 12.4 Å². The minimum Gasteiger partial charge on any atom is -0.487 e. The van der Waals surface area contributed by atoms with Crippen LogP contribution in [0.15, 0.2) is 47.6 Å². The Labute approximate surface area is 115 Å². The lowest BCUT2D eigenvalue weighted by atomic mass is 10.3. The van der Waals surface area contributed by atoms with Crippen molar-refractivity contribution >= 4 is 34.7 Å². The van der Waals surface area contributed by atoms with E-state index in [2.05, 4.69) is 27.4 Å². The molecule has 0 atom stereocenters. The molecule has 0 aliphatic rings. The lowest BCUT2D eigenvalue weighted by Gasteiger charge is -2.06. The molecule has 1 heterocycles. The number of aromatic nitrogens is 1. The molecule has 0 aliphatic heterocycles. The van der Waals surface area contributed by atoms with Crippen molar-refractivity contribution < 1.29 is 4.74 Å². The van der Waals surface area contributed by atoms with E-state index in [4.69, 9.17) is 16.3 Å². The second-order valence-electron chi connectivity index (χ2n) is 3.42. The second kappa shape index (κ2) is 6.26. The molecule has 0 spiro atoms. The molecule has 0 radical (unpaired) electrons. The molecule has 3 nitrogen and oxygen atoms in total. The zero-order valence-electron chi connectivity index (χ0n) is 9.34. The van der Waals surface area contributed by atoms with Gasteiger partial charge in [0.25, 0.3) is 0 Å². The van der Waals surface area contributed by atoms with Crippen LogP contribution in [0, 0.1) is 0 Å². The summed E-state index contributed by atoms with van der Waals surface area (Å²) in [4.78, 5) is 8.00. The van der Waals surface area contributed by atoms with E-state index >= 15 is 0 Å². The van der Waals surface area contributed by atoms with E-state index in [1.807, 2.05) is 12.1 Å². The van der Waals surface area contributed by atoms with Gasteiger partial charge >= 0.3 is 0 Å². The number of nitrogens with zero attached hydrogens (tertiary/aromatic N) is 2. The van der Waals surface area contributed by atoms with E-state index in [0.29, 0.717) is 17.3 Å². The van der Waals surface area contributed by atoms with E-state index in [1.165, 1.54) is 0 Å². The zero-order chi connectivity index (χ0) is 12.8. The van der Waals surface area contributed by atoms with Crippen LogP contribution >= 0.6 is 23.8 Å². The topological polar surface area (TPSA) is 34.5 Å². The first-order valence-corrected chi connectivity index (χ1v) is 5.98. The molecule has 2 aromatic rings. The van der Waals surface area contributed by atoms with Crippen LogP contribution in [0.25, 0.3) is 0 Å². The van der Waals surface area contributed by atoms with Crippen molar-refractivity contribution in [1.82, 2.24) is 4.98 Å². The Bertz CT molecular complexity index is 580. The number of halogens is 1. The molecule has 0 saturated heterocycles. The van der Waals surface area contributed by atoms with Crippen LogP contribution in [0.3, 0.4) is 0 Å². The van der Waals surface area contributed by atoms with Gasteiger partial charge in [-0.05, 0) is 48.6 Å². The molecule has 0 fully saturated rings. The molecule has 0 aliphatic carbocycles. The van der Waals surface area contributed by atoms with Crippen molar-refractivity contribution in [2.24, 2.45) is 4.99 Å². The second-order valence-corrected chi connectivity index (χ2v) is 4.01. The summed E-state index contributed by atoms with van der Waals surface area (Å²) in [6.45, 7) is 0.329. The Kier molecular flexibility index (Phi) is 4.42. The average molecular weight is 277 g/mol. The number of aliphatic imine (C=N–C) groups is 1. The van der Waals surface area contributed by atoms with Gasteiger partial charge in [0, 0.05) is 6.20 Å². The van der Waals surface area contributed by atoms with Crippen LogP contribution < -0.4 is 4.74 Å². The normalized spacial score (nSPS) is 9.61. The van der Waals surface area contributed by atoms with E-state index in [9.17, 15) is 0 Å². The van der Waals surface area contributed by atoms with Crippen molar-refractivity contribution in [2.45, 2.75) is 6.61 Å². The van der Waals surface area contributed by atoms with Gasteiger partial charge in [0.05, 0.1) is 21.6 Å². The Morgan fingerprint density at radius 2 is 2.06 bits per heavy atom. The number of thiocarbonyl (C=S) groups is 1. The number of hydrogen-bond donors (Lipinski definition) is 0. The van der Waals surface area contributed by atoms with Crippen LogP contribution in [-0.4, -0.2) is 10.1 Å². The summed E-state index contributed by atoms with van der Waals surface area (Å²) in [7, 11) is 0. The van der Waals surface area contributed by atoms with Gasteiger partial charge in [0.15, 0.2) is 0 Å². The highest BCUT2D eigenvalue weighted by atomic mass is 35.5. The molecule has 0 amide bonds. The van der Waals surface area contributed by atoms with Gasteiger partial charge in [-0.1, -0.05) is 11.6 Å². The monoisotopic (exact) mass is 276 g/mol. The third-order valence-electron chi connectivity index (χ3n) is 2.22. The Morgan fingerprint density at radius 1 is 1.28 bits per heavy atom. The molecule has 5 heteroatoms. The zero-order valence-corrected chi connectivity index (χ0v) is 10.9. The quantitative estimate of drug-likeness (QED) is 0.624. The van der Waals surface area contributed by atoms with Crippen molar-refractivity contribution in [3.8, 4) is 5.75 Å². The predicted octanol–water partition coefficient (Wildman–Crippen LogP) is 4.05. The lowest BCUT2D eigenvalue weighted by molar-refractivity contribution is 0.301. The largest absolute Gasteiger partial charge is 0.487 e. The van der Waals surface area contributed by atoms with Crippen LogP contribution in [0.5, 0.6) is 5.75 Å². The summed E-state index contributed by atoms with van der Waals surface area (Å²) in [6, 6.07) is 10.8. The molecule has 0 saturated carbocycles. The van der Waals surface area contributed by atoms with Crippen molar-refractivity contribution in [1.29, 1.82) is 0 Å². The summed E-state index contributed by atoms with van der Waals surface area (Å²) in [5.41, 5.74) is 1.45. The number of pyridine rings is 1. The number of hydrogen-bond acceptors (Lipinski definition) is 4. The van der Waals surface area contributed by atoms with Crippen molar-refractivity contribution in [3.05, 3.63) is 53.3 Å². The SMILES string of the molecule is S=C=Nc1ccc(OCc2ncccc2Cl)cc1. The molecule has 1 aromatic heterocycles. The molecule has 90 valence electrons. The molecule has 18 heavy (non-hydrogen) atoms. The lowest BCUT2D eigenvalue weighted by Crippen LogP contribution is -1.98. The smallest absolute Gasteiger partial charge is 0.132 e. The molecule has 2 rings (SSSR count). The van der Waals surface area contributed by atoms with Gasteiger partial charge in [0.2, 0.25) is 0 Å². The summed E-state index contributed by atoms with van der Waals surface area (Å²) in [6.07, 6.45) is 1.68. The van der Waals surface area contributed by atoms with Crippen molar-refractivity contribution in [3.63, 3.8) is 0 Å². The maximum atomic E-state index is 5.98. The fourth-order valence-corrected chi connectivity index (χ4v) is 1.63. The number of isothiocyanates is 1. The fourth-order valence-electron chi connectivity index (χ4n) is 1.35. The first-order valence-electron chi connectivity index (χ1n) is 5.20. The van der Waals surface area contributed by atoms with Gasteiger partial charge in [-0.15, -0.1) is 0 Å². The highest BCUT2D eigenvalue weighted by Gasteiger charge is 2.01. The van der Waals surface area contributed by atoms with Gasteiger partial charge in [-0.3, -0.25) is 4.98 Å². The molecule has 0 unspecified atom stereocenters. The first-order chi connectivity index (χ1) is 8.79. The third-order valence-corrected chi connectivity index (χ3v) is 2.66. The van der Waals surface area contributed by atoms with Crippen LogP contribution in [0.4, 0.5) is 5.69 Å². The highest BCUT2D eigenvalue weighted by molar-refractivity contribution is 7.78. The molecule has 0 N–H and O–H groups in total. The predicted molar refractivity (Wildman–Crippen MR) is 74.7 cm³/mol. The van der Waals surface area contributed by atoms with Gasteiger partial charge in [-0.25, -0.2) is 0 Å². The minimum absolute atomic E-state index is 0.329. The van der Waals surface area contributed by atoms with Gasteiger partial charge in [-0.2, -0.15) is 4.99 Å². The summed E-state index contributed by atoms with van der Waals surface area (Å²) in [5.74, 6) is 0.722. The first kappa shape index (κ1) is 12.7. The molecule has 0 bridgehead atoms. The maximum Gasteiger partial charge on any atom is 0.132 e. The van der Waals surface area contributed by atoms with Crippen molar-refractivity contribution in [2.75, 3.05) is 0 Å². The number of rotatable bonds is 4.